The van der Waals surface area contributed by atoms with Gasteiger partial charge in [-0.25, -0.2) is 4.79 Å². The molecule has 2 unspecified atom stereocenters. The molecule has 0 bridgehead atoms. The van der Waals surface area contributed by atoms with Crippen LogP contribution in [0, 0.1) is 0 Å². The highest BCUT2D eigenvalue weighted by atomic mass is 16.4. The van der Waals surface area contributed by atoms with Crippen LogP contribution >= 0.6 is 0 Å². The lowest BCUT2D eigenvalue weighted by atomic mass is 10.0. The third-order valence-electron chi connectivity index (χ3n) is 6.03. The molecule has 0 aliphatic carbocycles. The van der Waals surface area contributed by atoms with Gasteiger partial charge in [-0.3, -0.25) is 20.7 Å². The maximum absolute atomic E-state index is 12.1. The monoisotopic (exact) mass is 574 g/mol. The molecule has 2 atom stereocenters. The summed E-state index contributed by atoms with van der Waals surface area (Å²) >= 11 is 0. The van der Waals surface area contributed by atoms with Gasteiger partial charge in [-0.2, -0.15) is 0 Å². The molecule has 41 heavy (non-hydrogen) atoms. The number of likely N-dealkylation sites (N-methyl/N-ethyl adjacent to an activating group) is 1. The summed E-state index contributed by atoms with van der Waals surface area (Å²) in [4.78, 5) is 23.7. The molecule has 0 spiro atoms. The fourth-order valence-corrected chi connectivity index (χ4v) is 3.54. The molecule has 1 fully saturated rings. The minimum absolute atomic E-state index is 0.221. The third-order valence-corrected chi connectivity index (χ3v) is 6.03. The summed E-state index contributed by atoms with van der Waals surface area (Å²) in [6.45, 7) is 18.9. The number of benzene rings is 1. The number of carbonyl (C=O) groups is 2. The Labute approximate surface area is 247 Å². The number of allylic oxidation sites excluding steroid dienone is 3. The van der Waals surface area contributed by atoms with E-state index in [1.165, 1.54) is 25.0 Å². The lowest BCUT2D eigenvalue weighted by Crippen LogP contribution is -2.49. The number of carboxylic acid groups (broad SMARTS) is 1. The van der Waals surface area contributed by atoms with Gasteiger partial charge >= 0.3 is 5.97 Å². The van der Waals surface area contributed by atoms with Gasteiger partial charge in [0.1, 0.15) is 12.3 Å². The third kappa shape index (κ3) is 19.5. The number of hydrogen-bond donors (Lipinski definition) is 8. The van der Waals surface area contributed by atoms with E-state index < -0.39 is 18.1 Å². The first-order valence-corrected chi connectivity index (χ1v) is 14.6. The number of aliphatic carboxylic acids is 1. The van der Waals surface area contributed by atoms with Crippen LogP contribution in [0.15, 0.2) is 61.5 Å². The van der Waals surface area contributed by atoms with E-state index in [-0.39, 0.29) is 18.6 Å². The van der Waals surface area contributed by atoms with Crippen molar-refractivity contribution in [1.82, 2.24) is 26.6 Å². The Morgan fingerprint density at radius 1 is 1.10 bits per heavy atom. The summed E-state index contributed by atoms with van der Waals surface area (Å²) in [5.74, 6) is -1.37. The number of nitrogens with one attached hydrogen (secondary N) is 6. The SMILES string of the molecule is C=C(CCCCNC1NCCN1)Nc1ccc(CC(NC(=O)C(C)NCC)C(=O)O)cc1.C=C/C=C/O.CCCC. The first kappa shape index (κ1) is 37.8. The van der Waals surface area contributed by atoms with Gasteiger partial charge in [-0.05, 0) is 63.0 Å². The van der Waals surface area contributed by atoms with Crippen molar-refractivity contribution < 1.29 is 19.8 Å². The average molecular weight is 575 g/mol. The summed E-state index contributed by atoms with van der Waals surface area (Å²) in [6.07, 6.45) is 9.95. The predicted octanol–water partition coefficient (Wildman–Crippen LogP) is 4.01. The minimum atomic E-state index is -1.05. The van der Waals surface area contributed by atoms with E-state index in [0.717, 1.165) is 62.1 Å². The number of carbonyl (C=O) groups excluding carboxylic acids is 1. The molecule has 1 aliphatic rings. The lowest BCUT2D eigenvalue weighted by Gasteiger charge is -2.18. The highest BCUT2D eigenvalue weighted by molar-refractivity contribution is 5.86. The van der Waals surface area contributed by atoms with E-state index >= 15 is 0 Å². The molecule has 10 nitrogen and oxygen atoms in total. The number of amides is 1. The molecule has 1 aromatic rings. The molecule has 1 saturated heterocycles. The highest BCUT2D eigenvalue weighted by Gasteiger charge is 2.23. The topological polar surface area (TPSA) is 147 Å². The molecule has 10 heteroatoms. The maximum Gasteiger partial charge on any atom is 0.326 e. The standard InChI is InChI=1S/C23H38N6O3.C4H6O.C4H10/c1-4-24-17(3)21(30)29-20(22(31)32)15-18-8-10-19(11-9-18)28-16(2)7-5-6-12-25-23-26-13-14-27-23;1-2-3-4-5;1-3-4-2/h8-11,17,20,23-28H,2,4-7,12-15H2,1,3H3,(H,29,30)(H,31,32);2-5H,1H2;3-4H2,1-2H3/b;4-3+;. The largest absolute Gasteiger partial charge is 0.516 e. The molecule has 0 saturated carbocycles. The molecular formula is C31H54N6O4. The summed E-state index contributed by atoms with van der Waals surface area (Å²) < 4.78 is 0. The summed E-state index contributed by atoms with van der Waals surface area (Å²) in [6, 6.07) is 6.14. The van der Waals surface area contributed by atoms with E-state index in [0.29, 0.717) is 6.54 Å². The first-order chi connectivity index (χ1) is 19.7. The fourth-order valence-electron chi connectivity index (χ4n) is 3.54. The van der Waals surface area contributed by atoms with Crippen molar-refractivity contribution in [3.8, 4) is 0 Å². The van der Waals surface area contributed by atoms with E-state index in [1.54, 1.807) is 6.92 Å². The van der Waals surface area contributed by atoms with Crippen LogP contribution in [0.4, 0.5) is 5.69 Å². The average Bonchev–Trinajstić information content (AvgIpc) is 3.48. The van der Waals surface area contributed by atoms with Crippen LogP contribution in [-0.2, 0) is 16.0 Å². The van der Waals surface area contributed by atoms with Gasteiger partial charge in [-0.1, -0.05) is 65.0 Å². The van der Waals surface area contributed by atoms with Crippen molar-refractivity contribution in [1.29, 1.82) is 0 Å². The molecule has 8 N–H and O–H groups in total. The van der Waals surface area contributed by atoms with Crippen molar-refractivity contribution in [2.75, 3.05) is 31.5 Å². The number of aliphatic hydroxyl groups excluding tert-OH is 1. The van der Waals surface area contributed by atoms with Gasteiger partial charge in [0.05, 0.1) is 12.3 Å². The summed E-state index contributed by atoms with van der Waals surface area (Å²) in [5, 5.41) is 36.2. The zero-order valence-corrected chi connectivity index (χ0v) is 25.5. The molecule has 0 radical (unpaired) electrons. The van der Waals surface area contributed by atoms with Crippen LogP contribution in [-0.4, -0.2) is 66.6 Å². The van der Waals surface area contributed by atoms with Gasteiger partial charge in [0, 0.05) is 30.9 Å². The first-order valence-electron chi connectivity index (χ1n) is 14.6. The van der Waals surface area contributed by atoms with Crippen LogP contribution in [0.1, 0.15) is 65.4 Å². The Kier molecular flexibility index (Phi) is 22.7. The van der Waals surface area contributed by atoms with Gasteiger partial charge < -0.3 is 26.2 Å². The second-order valence-corrected chi connectivity index (χ2v) is 9.64. The van der Waals surface area contributed by atoms with E-state index in [1.807, 2.05) is 31.2 Å². The molecular weight excluding hydrogens is 520 g/mol. The lowest BCUT2D eigenvalue weighted by molar-refractivity contribution is -0.142. The van der Waals surface area contributed by atoms with Crippen LogP contribution < -0.4 is 31.9 Å². The zero-order valence-electron chi connectivity index (χ0n) is 25.5. The molecule has 1 aliphatic heterocycles. The molecule has 1 amide bonds. The highest BCUT2D eigenvalue weighted by Crippen LogP contribution is 2.15. The Balaban J connectivity index is 0.00000154. The van der Waals surface area contributed by atoms with Gasteiger partial charge in [0.25, 0.3) is 0 Å². The minimum Gasteiger partial charge on any atom is -0.516 e. The predicted molar refractivity (Wildman–Crippen MR) is 170 cm³/mol. The van der Waals surface area contributed by atoms with Crippen LogP contribution in [0.3, 0.4) is 0 Å². The van der Waals surface area contributed by atoms with Crippen molar-refractivity contribution in [3.63, 3.8) is 0 Å². The summed E-state index contributed by atoms with van der Waals surface area (Å²) in [7, 11) is 0. The molecule has 2 rings (SSSR count). The second-order valence-electron chi connectivity index (χ2n) is 9.64. The number of unbranched alkanes of at least 4 members (excludes halogenated alkanes) is 2. The quantitative estimate of drug-likeness (QED) is 0.0785. The molecule has 232 valence electrons. The molecule has 1 heterocycles. The molecule has 0 aromatic heterocycles. The second kappa shape index (κ2) is 24.6. The van der Waals surface area contributed by atoms with Crippen LogP contribution in [0.25, 0.3) is 0 Å². The normalized spacial score (nSPS) is 14.1. The summed E-state index contributed by atoms with van der Waals surface area (Å²) in [5.41, 5.74) is 2.70. The van der Waals surface area contributed by atoms with Crippen LogP contribution in [0.2, 0.25) is 0 Å². The van der Waals surface area contributed by atoms with Crippen molar-refractivity contribution in [2.45, 2.75) is 84.6 Å². The fraction of sp³-hybridized carbons (Fsp3) is 0.548. The van der Waals surface area contributed by atoms with Crippen molar-refractivity contribution in [2.24, 2.45) is 0 Å². The van der Waals surface area contributed by atoms with E-state index in [2.05, 4.69) is 58.9 Å². The molecule has 1 aromatic carbocycles. The van der Waals surface area contributed by atoms with Crippen molar-refractivity contribution in [3.05, 3.63) is 67.1 Å². The Morgan fingerprint density at radius 2 is 1.73 bits per heavy atom. The van der Waals surface area contributed by atoms with E-state index in [9.17, 15) is 14.7 Å². The number of anilines is 1. The number of aliphatic hydroxyl groups is 1. The number of rotatable bonds is 17. The Bertz CT molecular complexity index is 883. The number of hydrogen-bond acceptors (Lipinski definition) is 8. The van der Waals surface area contributed by atoms with Gasteiger partial charge in [0.15, 0.2) is 0 Å². The Morgan fingerprint density at radius 3 is 2.22 bits per heavy atom. The zero-order chi connectivity index (χ0) is 30.9. The Hall–Kier alpha value is -3.18. The maximum atomic E-state index is 12.1. The number of carboxylic acids is 1. The van der Waals surface area contributed by atoms with Crippen molar-refractivity contribution >= 4 is 17.6 Å². The van der Waals surface area contributed by atoms with Gasteiger partial charge in [0.2, 0.25) is 5.91 Å². The van der Waals surface area contributed by atoms with Gasteiger partial charge in [-0.15, -0.1) is 0 Å². The van der Waals surface area contributed by atoms with Crippen LogP contribution in [0.5, 0.6) is 0 Å². The smallest absolute Gasteiger partial charge is 0.326 e. The van der Waals surface area contributed by atoms with E-state index in [4.69, 9.17) is 5.11 Å².